The molecule has 0 saturated carbocycles. The van der Waals surface area contributed by atoms with Gasteiger partial charge in [0, 0.05) is 5.56 Å². The molecule has 1 aliphatic heterocycles. The molecular formula is C12H16N2O2. The van der Waals surface area contributed by atoms with Crippen LogP contribution in [0, 0.1) is 13.8 Å². The van der Waals surface area contributed by atoms with Gasteiger partial charge in [-0.1, -0.05) is 0 Å². The lowest BCUT2D eigenvalue weighted by Crippen LogP contribution is -2.12. The minimum atomic E-state index is -0.713. The number of ether oxygens (including phenoxy) is 1. The Bertz CT molecular complexity index is 415. The Morgan fingerprint density at radius 2 is 2.19 bits per heavy atom. The summed E-state index contributed by atoms with van der Waals surface area (Å²) in [4.78, 5) is 0. The molecule has 16 heavy (non-hydrogen) atoms. The maximum atomic E-state index is 10.2. The Labute approximate surface area is 95.0 Å². The molecule has 0 aromatic carbocycles. The van der Waals surface area contributed by atoms with Gasteiger partial charge in [-0.15, -0.1) is 0 Å². The van der Waals surface area contributed by atoms with E-state index in [0.29, 0.717) is 12.4 Å². The van der Waals surface area contributed by atoms with Gasteiger partial charge in [0.05, 0.1) is 18.0 Å². The average molecular weight is 220 g/mol. The minimum absolute atomic E-state index is 0.641. The zero-order chi connectivity index (χ0) is 11.5. The van der Waals surface area contributed by atoms with Crippen LogP contribution in [0.25, 0.3) is 0 Å². The molecule has 4 nitrogen and oxygen atoms in total. The van der Waals surface area contributed by atoms with Crippen LogP contribution in [0.5, 0.6) is 0 Å². The van der Waals surface area contributed by atoms with Crippen LogP contribution in [-0.2, 0) is 4.74 Å². The molecule has 4 heteroatoms. The summed E-state index contributed by atoms with van der Waals surface area (Å²) in [6.07, 6.45) is 3.21. The van der Waals surface area contributed by atoms with Crippen molar-refractivity contribution in [1.29, 1.82) is 0 Å². The number of allylic oxidation sites excluding steroid dienone is 1. The zero-order valence-corrected chi connectivity index (χ0v) is 9.60. The van der Waals surface area contributed by atoms with Gasteiger partial charge in [0.15, 0.2) is 0 Å². The van der Waals surface area contributed by atoms with Gasteiger partial charge in [-0.05, 0) is 38.8 Å². The molecule has 1 atom stereocenters. The number of aliphatic hydroxyl groups is 1. The molecule has 0 fully saturated rings. The van der Waals surface area contributed by atoms with E-state index < -0.39 is 6.10 Å². The van der Waals surface area contributed by atoms with Crippen LogP contribution in [0.4, 0.5) is 0 Å². The van der Waals surface area contributed by atoms with Gasteiger partial charge in [0.1, 0.15) is 11.9 Å². The van der Waals surface area contributed by atoms with Crippen molar-refractivity contribution in [3.05, 3.63) is 34.9 Å². The quantitative estimate of drug-likeness (QED) is 0.826. The maximum absolute atomic E-state index is 10.2. The summed E-state index contributed by atoms with van der Waals surface area (Å²) < 4.78 is 5.45. The van der Waals surface area contributed by atoms with E-state index in [2.05, 4.69) is 10.2 Å². The first kappa shape index (κ1) is 11.1. The van der Waals surface area contributed by atoms with Crippen molar-refractivity contribution in [2.75, 3.05) is 6.61 Å². The highest BCUT2D eigenvalue weighted by Crippen LogP contribution is 2.27. The van der Waals surface area contributed by atoms with Gasteiger partial charge in [0.2, 0.25) is 0 Å². The lowest BCUT2D eigenvalue weighted by atomic mass is 10.0. The van der Waals surface area contributed by atoms with E-state index in [1.807, 2.05) is 26.0 Å². The molecule has 1 aromatic rings. The molecule has 2 heterocycles. The van der Waals surface area contributed by atoms with Gasteiger partial charge in [-0.25, -0.2) is 0 Å². The molecular weight excluding hydrogens is 204 g/mol. The summed E-state index contributed by atoms with van der Waals surface area (Å²) in [5, 5.41) is 18.1. The summed E-state index contributed by atoms with van der Waals surface area (Å²) >= 11 is 0. The number of hydrogen-bond acceptors (Lipinski definition) is 4. The molecule has 0 aliphatic carbocycles. The van der Waals surface area contributed by atoms with Crippen LogP contribution in [0.15, 0.2) is 17.9 Å². The zero-order valence-electron chi connectivity index (χ0n) is 9.60. The maximum Gasteiger partial charge on any atom is 0.138 e. The molecule has 1 N–H and O–H groups in total. The standard InChI is InChI=1S/C12H16N2O2/c1-8-7-10(9(2)14-13-8)12(15)11-5-3-4-6-16-11/h5,7,12,15H,3-4,6H2,1-2H3. The first-order chi connectivity index (χ1) is 7.68. The van der Waals surface area contributed by atoms with E-state index in [1.54, 1.807) is 0 Å². The second-order valence-corrected chi connectivity index (χ2v) is 4.03. The molecule has 2 rings (SSSR count). The number of aromatic nitrogens is 2. The Hall–Kier alpha value is -1.42. The number of aliphatic hydroxyl groups excluding tert-OH is 1. The topological polar surface area (TPSA) is 55.2 Å². The molecule has 1 aromatic heterocycles. The number of aryl methyl sites for hydroxylation is 2. The highest BCUT2D eigenvalue weighted by molar-refractivity contribution is 5.27. The van der Waals surface area contributed by atoms with Crippen LogP contribution in [-0.4, -0.2) is 21.9 Å². The van der Waals surface area contributed by atoms with E-state index in [0.717, 1.165) is 29.8 Å². The third-order valence-corrected chi connectivity index (χ3v) is 2.67. The van der Waals surface area contributed by atoms with E-state index >= 15 is 0 Å². The fourth-order valence-electron chi connectivity index (χ4n) is 1.77. The van der Waals surface area contributed by atoms with E-state index in [-0.39, 0.29) is 0 Å². The molecule has 1 unspecified atom stereocenters. The predicted octanol–water partition coefficient (Wildman–Crippen LogP) is 1.82. The summed E-state index contributed by atoms with van der Waals surface area (Å²) in [6, 6.07) is 1.85. The van der Waals surface area contributed by atoms with Crippen LogP contribution in [0.2, 0.25) is 0 Å². The Morgan fingerprint density at radius 1 is 1.38 bits per heavy atom. The molecule has 1 aliphatic rings. The Morgan fingerprint density at radius 3 is 2.88 bits per heavy atom. The third kappa shape index (κ3) is 2.22. The number of nitrogens with zero attached hydrogens (tertiary/aromatic N) is 2. The summed E-state index contributed by atoms with van der Waals surface area (Å²) in [6.45, 7) is 4.38. The fourth-order valence-corrected chi connectivity index (χ4v) is 1.77. The van der Waals surface area contributed by atoms with E-state index in [4.69, 9.17) is 4.74 Å². The minimum Gasteiger partial charge on any atom is -0.495 e. The summed E-state index contributed by atoms with van der Waals surface area (Å²) in [7, 11) is 0. The van der Waals surface area contributed by atoms with Crippen LogP contribution in [0.1, 0.15) is 35.9 Å². The van der Waals surface area contributed by atoms with Crippen LogP contribution < -0.4 is 0 Å². The van der Waals surface area contributed by atoms with E-state index in [1.165, 1.54) is 0 Å². The number of hydrogen-bond donors (Lipinski definition) is 1. The molecule has 0 amide bonds. The highest BCUT2D eigenvalue weighted by atomic mass is 16.5. The van der Waals surface area contributed by atoms with E-state index in [9.17, 15) is 5.11 Å². The molecule has 86 valence electrons. The molecule has 0 spiro atoms. The fraction of sp³-hybridized carbons (Fsp3) is 0.500. The van der Waals surface area contributed by atoms with Crippen LogP contribution >= 0.6 is 0 Å². The molecule has 0 bridgehead atoms. The van der Waals surface area contributed by atoms with Crippen molar-refractivity contribution in [2.24, 2.45) is 0 Å². The van der Waals surface area contributed by atoms with Crippen molar-refractivity contribution in [2.45, 2.75) is 32.8 Å². The first-order valence-electron chi connectivity index (χ1n) is 5.50. The lowest BCUT2D eigenvalue weighted by molar-refractivity contribution is 0.0911. The Kier molecular flexibility index (Phi) is 3.19. The van der Waals surface area contributed by atoms with Gasteiger partial charge in [0.25, 0.3) is 0 Å². The second-order valence-electron chi connectivity index (χ2n) is 4.03. The van der Waals surface area contributed by atoms with Crippen molar-refractivity contribution in [3.8, 4) is 0 Å². The molecule has 0 radical (unpaired) electrons. The van der Waals surface area contributed by atoms with Crippen LogP contribution in [0.3, 0.4) is 0 Å². The van der Waals surface area contributed by atoms with Crippen molar-refractivity contribution in [1.82, 2.24) is 10.2 Å². The number of rotatable bonds is 2. The first-order valence-corrected chi connectivity index (χ1v) is 5.50. The van der Waals surface area contributed by atoms with Gasteiger partial charge in [-0.2, -0.15) is 10.2 Å². The van der Waals surface area contributed by atoms with Crippen molar-refractivity contribution < 1.29 is 9.84 Å². The summed E-state index contributed by atoms with van der Waals surface area (Å²) in [5.74, 6) is 0.641. The SMILES string of the molecule is Cc1cc(C(O)C2=CCCCO2)c(C)nn1. The lowest BCUT2D eigenvalue weighted by Gasteiger charge is -2.20. The third-order valence-electron chi connectivity index (χ3n) is 2.67. The Balaban J connectivity index is 2.29. The average Bonchev–Trinajstić information content (AvgIpc) is 2.32. The van der Waals surface area contributed by atoms with Gasteiger partial charge < -0.3 is 9.84 Å². The normalized spacial score (nSPS) is 17.6. The smallest absolute Gasteiger partial charge is 0.138 e. The largest absolute Gasteiger partial charge is 0.495 e. The summed E-state index contributed by atoms with van der Waals surface area (Å²) in [5.41, 5.74) is 2.32. The monoisotopic (exact) mass is 220 g/mol. The van der Waals surface area contributed by atoms with Gasteiger partial charge in [-0.3, -0.25) is 0 Å². The van der Waals surface area contributed by atoms with Crippen molar-refractivity contribution in [3.63, 3.8) is 0 Å². The highest BCUT2D eigenvalue weighted by Gasteiger charge is 2.19. The second kappa shape index (κ2) is 4.61. The predicted molar refractivity (Wildman–Crippen MR) is 59.7 cm³/mol. The van der Waals surface area contributed by atoms with Gasteiger partial charge >= 0.3 is 0 Å². The van der Waals surface area contributed by atoms with Crippen molar-refractivity contribution >= 4 is 0 Å². The molecule has 0 saturated heterocycles.